The molecular formula is C24H21F3N2O5S. The summed E-state index contributed by atoms with van der Waals surface area (Å²) in [6.07, 6.45) is -5.08. The van der Waals surface area contributed by atoms with Crippen LogP contribution in [-0.4, -0.2) is 38.1 Å². The fourth-order valence-electron chi connectivity index (χ4n) is 4.55. The van der Waals surface area contributed by atoms with Crippen LogP contribution < -0.4 is 19.1 Å². The molecule has 35 heavy (non-hydrogen) atoms. The first-order valence-electron chi connectivity index (χ1n) is 10.8. The van der Waals surface area contributed by atoms with Crippen molar-refractivity contribution in [1.29, 1.82) is 0 Å². The fourth-order valence-corrected chi connectivity index (χ4v) is 5.84. The molecule has 11 heteroatoms. The number of hydrogen-bond donors (Lipinski definition) is 2. The molecular weight excluding hydrogens is 485 g/mol. The number of rotatable bonds is 5. The highest BCUT2D eigenvalue weighted by atomic mass is 32.2. The van der Waals surface area contributed by atoms with Gasteiger partial charge < -0.3 is 19.5 Å². The molecule has 0 amide bonds. The number of halogens is 3. The van der Waals surface area contributed by atoms with Gasteiger partial charge in [0.2, 0.25) is 10.0 Å². The van der Waals surface area contributed by atoms with E-state index in [9.17, 15) is 26.7 Å². The number of aliphatic hydroxyl groups is 1. The lowest BCUT2D eigenvalue weighted by Crippen LogP contribution is -2.47. The molecule has 0 saturated heterocycles. The minimum absolute atomic E-state index is 0.232. The number of hydrogen-bond acceptors (Lipinski definition) is 6. The molecule has 1 aliphatic carbocycles. The number of anilines is 2. The summed E-state index contributed by atoms with van der Waals surface area (Å²) in [5, 5.41) is 11.2. The zero-order chi connectivity index (χ0) is 24.8. The Morgan fingerprint density at radius 3 is 2.06 bits per heavy atom. The minimum Gasteiger partial charge on any atom is -0.453 e. The topological polar surface area (TPSA) is 88.1 Å². The molecule has 7 nitrogen and oxygen atoms in total. The van der Waals surface area contributed by atoms with Crippen molar-refractivity contribution in [1.82, 2.24) is 4.72 Å². The third-order valence-corrected chi connectivity index (χ3v) is 7.56. The van der Waals surface area contributed by atoms with Gasteiger partial charge in [0.1, 0.15) is 5.75 Å². The van der Waals surface area contributed by atoms with E-state index < -0.39 is 40.3 Å². The Kier molecular flexibility index (Phi) is 5.86. The van der Waals surface area contributed by atoms with Crippen molar-refractivity contribution in [2.45, 2.75) is 42.3 Å². The SMILES string of the molecule is O=S(=O)(N[C@@H]1CC[C@H](N2c3ccccc3Oc3ccccc32)[C@H]1O)c1ccc(OC(F)(F)F)cc1. The Balaban J connectivity index is 1.37. The Labute approximate surface area is 199 Å². The van der Waals surface area contributed by atoms with E-state index in [4.69, 9.17) is 4.74 Å². The van der Waals surface area contributed by atoms with Crippen molar-refractivity contribution in [2.24, 2.45) is 0 Å². The number of fused-ring (bicyclic) bond motifs is 2. The molecule has 3 atom stereocenters. The molecule has 0 unspecified atom stereocenters. The molecule has 0 bridgehead atoms. The van der Waals surface area contributed by atoms with Crippen LogP contribution >= 0.6 is 0 Å². The molecule has 5 rings (SSSR count). The zero-order valence-electron chi connectivity index (χ0n) is 18.1. The molecule has 1 saturated carbocycles. The van der Waals surface area contributed by atoms with Crippen LogP contribution in [0, 0.1) is 0 Å². The van der Waals surface area contributed by atoms with Crippen LogP contribution in [0.3, 0.4) is 0 Å². The maximum absolute atomic E-state index is 12.9. The van der Waals surface area contributed by atoms with Gasteiger partial charge >= 0.3 is 6.36 Å². The number of aliphatic hydroxyl groups excluding tert-OH is 1. The smallest absolute Gasteiger partial charge is 0.453 e. The van der Waals surface area contributed by atoms with E-state index in [1.165, 1.54) is 0 Å². The fraction of sp³-hybridized carbons (Fsp3) is 0.250. The van der Waals surface area contributed by atoms with E-state index in [1.54, 1.807) is 0 Å². The highest BCUT2D eigenvalue weighted by molar-refractivity contribution is 7.89. The molecule has 0 spiro atoms. The highest BCUT2D eigenvalue weighted by Gasteiger charge is 2.43. The van der Waals surface area contributed by atoms with Crippen LogP contribution in [0.15, 0.2) is 77.7 Å². The first-order chi connectivity index (χ1) is 16.6. The maximum Gasteiger partial charge on any atom is 0.573 e. The third-order valence-electron chi connectivity index (χ3n) is 6.06. The Hall–Kier alpha value is -3.28. The lowest BCUT2D eigenvalue weighted by atomic mass is 10.1. The number of benzene rings is 3. The average molecular weight is 507 g/mol. The molecule has 1 aliphatic heterocycles. The summed E-state index contributed by atoms with van der Waals surface area (Å²) in [5.74, 6) is 0.731. The monoisotopic (exact) mass is 506 g/mol. The van der Waals surface area contributed by atoms with Crippen LogP contribution in [0.25, 0.3) is 0 Å². The van der Waals surface area contributed by atoms with Gasteiger partial charge in [-0.15, -0.1) is 13.2 Å². The van der Waals surface area contributed by atoms with Crippen molar-refractivity contribution >= 4 is 21.4 Å². The maximum atomic E-state index is 12.9. The molecule has 2 aliphatic rings. The van der Waals surface area contributed by atoms with E-state index in [0.29, 0.717) is 24.3 Å². The number of para-hydroxylation sites is 4. The molecule has 0 radical (unpaired) electrons. The van der Waals surface area contributed by atoms with Crippen LogP contribution in [0.5, 0.6) is 17.2 Å². The van der Waals surface area contributed by atoms with Gasteiger partial charge in [0.05, 0.1) is 34.5 Å². The summed E-state index contributed by atoms with van der Waals surface area (Å²) in [6.45, 7) is 0. The average Bonchev–Trinajstić information content (AvgIpc) is 3.15. The predicted octanol–water partition coefficient (Wildman–Crippen LogP) is 4.70. The normalized spacial score (nSPS) is 21.7. The number of sulfonamides is 1. The highest BCUT2D eigenvalue weighted by Crippen LogP contribution is 2.49. The van der Waals surface area contributed by atoms with Crippen molar-refractivity contribution in [3.05, 3.63) is 72.8 Å². The van der Waals surface area contributed by atoms with Crippen molar-refractivity contribution in [3.8, 4) is 17.2 Å². The van der Waals surface area contributed by atoms with E-state index in [-0.39, 0.29) is 4.90 Å². The van der Waals surface area contributed by atoms with Crippen molar-refractivity contribution in [2.75, 3.05) is 4.90 Å². The van der Waals surface area contributed by atoms with Crippen molar-refractivity contribution < 1.29 is 36.2 Å². The van der Waals surface area contributed by atoms with Crippen LogP contribution in [0.4, 0.5) is 24.5 Å². The molecule has 184 valence electrons. The van der Waals surface area contributed by atoms with Gasteiger partial charge in [-0.05, 0) is 61.4 Å². The number of nitrogens with one attached hydrogen (secondary N) is 1. The Morgan fingerprint density at radius 2 is 1.49 bits per heavy atom. The second-order valence-corrected chi connectivity index (χ2v) is 10.0. The standard InChI is InChI=1S/C24H21F3N2O5S/c25-24(26,27)34-15-9-11-16(12-10-15)35(31,32)28-17-13-14-20(23(17)30)29-18-5-1-3-7-21(18)33-22-8-4-2-6-19(22)29/h1-12,17,20,23,28,30H,13-14H2/t17-,20+,23+/m1/s1. The van der Waals surface area contributed by atoms with Gasteiger partial charge in [0.15, 0.2) is 11.5 Å². The summed E-state index contributed by atoms with van der Waals surface area (Å²) in [6, 6.07) is 17.5. The minimum atomic E-state index is -4.88. The van der Waals surface area contributed by atoms with E-state index in [1.807, 2.05) is 53.4 Å². The summed E-state index contributed by atoms with van der Waals surface area (Å²) >= 11 is 0. The molecule has 0 aromatic heterocycles. The lowest BCUT2D eigenvalue weighted by Gasteiger charge is -2.38. The molecule has 3 aromatic rings. The van der Waals surface area contributed by atoms with E-state index in [2.05, 4.69) is 9.46 Å². The Morgan fingerprint density at radius 1 is 0.914 bits per heavy atom. The molecule has 1 heterocycles. The largest absolute Gasteiger partial charge is 0.573 e. The summed E-state index contributed by atoms with van der Waals surface area (Å²) < 4.78 is 75.2. The van der Waals surface area contributed by atoms with Crippen LogP contribution in [-0.2, 0) is 10.0 Å². The first-order valence-corrected chi connectivity index (χ1v) is 12.3. The van der Waals surface area contributed by atoms with E-state index in [0.717, 1.165) is 35.6 Å². The summed E-state index contributed by atoms with van der Waals surface area (Å²) in [4.78, 5) is 1.74. The second-order valence-electron chi connectivity index (χ2n) is 8.29. The van der Waals surface area contributed by atoms with Gasteiger partial charge in [-0.1, -0.05) is 24.3 Å². The first kappa shape index (κ1) is 23.5. The lowest BCUT2D eigenvalue weighted by molar-refractivity contribution is -0.274. The number of ether oxygens (including phenoxy) is 2. The van der Waals surface area contributed by atoms with Gasteiger partial charge in [-0.3, -0.25) is 0 Å². The van der Waals surface area contributed by atoms with Crippen LogP contribution in [0.1, 0.15) is 12.8 Å². The summed E-state index contributed by atoms with van der Waals surface area (Å²) in [7, 11) is -4.10. The zero-order valence-corrected chi connectivity index (χ0v) is 19.0. The van der Waals surface area contributed by atoms with Gasteiger partial charge in [0.25, 0.3) is 0 Å². The molecule has 3 aromatic carbocycles. The predicted molar refractivity (Wildman–Crippen MR) is 121 cm³/mol. The molecule has 1 fully saturated rings. The van der Waals surface area contributed by atoms with Crippen LogP contribution in [0.2, 0.25) is 0 Å². The van der Waals surface area contributed by atoms with Crippen molar-refractivity contribution in [3.63, 3.8) is 0 Å². The third kappa shape index (κ3) is 4.66. The van der Waals surface area contributed by atoms with Gasteiger partial charge in [-0.2, -0.15) is 0 Å². The molecule has 2 N–H and O–H groups in total. The number of alkyl halides is 3. The number of nitrogens with zero attached hydrogens (tertiary/aromatic N) is 1. The van der Waals surface area contributed by atoms with Gasteiger partial charge in [-0.25, -0.2) is 13.1 Å². The van der Waals surface area contributed by atoms with Gasteiger partial charge in [0, 0.05) is 0 Å². The summed E-state index contributed by atoms with van der Waals surface area (Å²) in [5.41, 5.74) is 1.53. The quantitative estimate of drug-likeness (QED) is 0.522. The second kappa shape index (κ2) is 8.74. The van der Waals surface area contributed by atoms with E-state index >= 15 is 0 Å². The Bertz CT molecular complexity index is 1290.